The summed E-state index contributed by atoms with van der Waals surface area (Å²) in [7, 11) is 1.73. The van der Waals surface area contributed by atoms with Gasteiger partial charge in [0.1, 0.15) is 0 Å². The molecule has 102 valence electrons. The maximum absolute atomic E-state index is 11.7. The number of carbonyl (C=O) groups is 1. The van der Waals surface area contributed by atoms with Gasteiger partial charge in [0.15, 0.2) is 0 Å². The zero-order valence-corrected chi connectivity index (χ0v) is 11.6. The largest absolute Gasteiger partial charge is 0.388 e. The third kappa shape index (κ3) is 2.90. The van der Waals surface area contributed by atoms with E-state index < -0.39 is 6.10 Å². The molecule has 0 aliphatic carbocycles. The summed E-state index contributed by atoms with van der Waals surface area (Å²) in [5, 5.41) is 17.5. The molecule has 1 aliphatic heterocycles. The van der Waals surface area contributed by atoms with Crippen molar-refractivity contribution in [1.82, 2.24) is 9.80 Å². The number of hydrogen-bond donors (Lipinski definition) is 3. The summed E-state index contributed by atoms with van der Waals surface area (Å²) >= 11 is 4.04. The van der Waals surface area contributed by atoms with E-state index in [1.807, 2.05) is 24.3 Å². The first-order chi connectivity index (χ1) is 9.02. The van der Waals surface area contributed by atoms with Gasteiger partial charge in [-0.15, -0.1) is 0 Å². The summed E-state index contributed by atoms with van der Waals surface area (Å²) < 4.78 is 0. The minimum atomic E-state index is -0.574. The van der Waals surface area contributed by atoms with Gasteiger partial charge in [-0.1, -0.05) is 24.3 Å². The first kappa shape index (κ1) is 13.9. The predicted octanol–water partition coefficient (Wildman–Crippen LogP) is 0.859. The molecule has 1 aromatic rings. The number of nitrogens with zero attached hydrogens (tertiary/aromatic N) is 2. The number of aliphatic hydroxyl groups excluding tert-OH is 1. The molecule has 1 unspecified atom stereocenters. The zero-order valence-electron chi connectivity index (χ0n) is 10.7. The Labute approximate surface area is 117 Å². The van der Waals surface area contributed by atoms with Crippen LogP contribution in [0.15, 0.2) is 24.3 Å². The first-order valence-corrected chi connectivity index (χ1v) is 6.64. The molecule has 1 fully saturated rings. The highest BCUT2D eigenvalue weighted by Crippen LogP contribution is 2.17. The van der Waals surface area contributed by atoms with Crippen LogP contribution in [0.4, 0.5) is 0 Å². The van der Waals surface area contributed by atoms with E-state index in [0.29, 0.717) is 12.3 Å². The highest BCUT2D eigenvalue weighted by atomic mass is 32.1. The fraction of sp³-hybridized carbons (Fsp3) is 0.385. The summed E-state index contributed by atoms with van der Waals surface area (Å²) in [4.78, 5) is 14.8. The van der Waals surface area contributed by atoms with Crippen LogP contribution < -0.4 is 0 Å². The second-order valence-corrected chi connectivity index (χ2v) is 4.96. The average molecular weight is 279 g/mol. The molecule has 0 spiro atoms. The van der Waals surface area contributed by atoms with Gasteiger partial charge in [-0.25, -0.2) is 0 Å². The SMILES string of the molecule is CN1CC(=O)N(Cc2ccc(C(O)CS)cc2)C1=N. The number of likely N-dealkylation sites (N-methyl/N-ethyl adjacent to an activating group) is 1. The lowest BCUT2D eigenvalue weighted by atomic mass is 10.1. The molecule has 1 aliphatic rings. The van der Waals surface area contributed by atoms with E-state index in [1.54, 1.807) is 11.9 Å². The Morgan fingerprint density at radius 2 is 2.05 bits per heavy atom. The molecule has 1 amide bonds. The van der Waals surface area contributed by atoms with Crippen molar-refractivity contribution in [3.8, 4) is 0 Å². The third-order valence-electron chi connectivity index (χ3n) is 3.17. The van der Waals surface area contributed by atoms with E-state index >= 15 is 0 Å². The van der Waals surface area contributed by atoms with E-state index in [2.05, 4.69) is 12.6 Å². The number of carbonyl (C=O) groups excluding carboxylic acids is 1. The van der Waals surface area contributed by atoms with Crippen molar-refractivity contribution >= 4 is 24.5 Å². The van der Waals surface area contributed by atoms with E-state index in [-0.39, 0.29) is 18.4 Å². The van der Waals surface area contributed by atoms with Crippen LogP contribution in [0.3, 0.4) is 0 Å². The molecule has 2 N–H and O–H groups in total. The lowest BCUT2D eigenvalue weighted by molar-refractivity contribution is -0.125. The smallest absolute Gasteiger partial charge is 0.249 e. The van der Waals surface area contributed by atoms with E-state index in [1.165, 1.54) is 4.90 Å². The number of nitrogens with one attached hydrogen (secondary N) is 1. The molecule has 1 heterocycles. The molecule has 1 aromatic carbocycles. The van der Waals surface area contributed by atoms with Crippen molar-refractivity contribution < 1.29 is 9.90 Å². The third-order valence-corrected chi connectivity index (χ3v) is 3.51. The van der Waals surface area contributed by atoms with Gasteiger partial charge in [-0.2, -0.15) is 12.6 Å². The standard InChI is InChI=1S/C13H17N3O2S/c1-15-7-12(18)16(13(15)14)6-9-2-4-10(5-3-9)11(17)8-19/h2-5,11,14,17,19H,6-8H2,1H3. The normalized spacial score (nSPS) is 17.2. The minimum absolute atomic E-state index is 0.0630. The lowest BCUT2D eigenvalue weighted by Gasteiger charge is -2.17. The zero-order chi connectivity index (χ0) is 14.0. The van der Waals surface area contributed by atoms with Crippen molar-refractivity contribution in [2.75, 3.05) is 19.3 Å². The molecule has 6 heteroatoms. The Balaban J connectivity index is 2.08. The van der Waals surface area contributed by atoms with Crippen molar-refractivity contribution in [1.29, 1.82) is 5.41 Å². The van der Waals surface area contributed by atoms with Crippen molar-refractivity contribution in [2.45, 2.75) is 12.6 Å². The van der Waals surface area contributed by atoms with Crippen molar-refractivity contribution in [3.63, 3.8) is 0 Å². The fourth-order valence-electron chi connectivity index (χ4n) is 1.98. The molecule has 19 heavy (non-hydrogen) atoms. The number of aliphatic hydroxyl groups is 1. The summed E-state index contributed by atoms with van der Waals surface area (Å²) in [5.74, 6) is 0.538. The molecule has 0 aromatic heterocycles. The number of rotatable bonds is 4. The molecule has 2 rings (SSSR count). The lowest BCUT2D eigenvalue weighted by Crippen LogP contribution is -2.31. The Morgan fingerprint density at radius 1 is 1.42 bits per heavy atom. The Morgan fingerprint density at radius 3 is 2.53 bits per heavy atom. The predicted molar refractivity (Wildman–Crippen MR) is 76.2 cm³/mol. The van der Waals surface area contributed by atoms with Gasteiger partial charge in [-0.05, 0) is 11.1 Å². The second-order valence-electron chi connectivity index (χ2n) is 4.60. The van der Waals surface area contributed by atoms with Gasteiger partial charge in [0, 0.05) is 12.8 Å². The quantitative estimate of drug-likeness (QED) is 0.716. The van der Waals surface area contributed by atoms with Gasteiger partial charge in [-0.3, -0.25) is 15.1 Å². The van der Waals surface area contributed by atoms with Gasteiger partial charge in [0.2, 0.25) is 11.9 Å². The highest BCUT2D eigenvalue weighted by Gasteiger charge is 2.30. The summed E-state index contributed by atoms with van der Waals surface area (Å²) in [5.41, 5.74) is 1.74. The van der Waals surface area contributed by atoms with Crippen LogP contribution in [-0.2, 0) is 11.3 Å². The first-order valence-electron chi connectivity index (χ1n) is 6.00. The van der Waals surface area contributed by atoms with Gasteiger partial charge < -0.3 is 10.0 Å². The van der Waals surface area contributed by atoms with Crippen LogP contribution >= 0.6 is 12.6 Å². The Hall–Kier alpha value is -1.53. The van der Waals surface area contributed by atoms with E-state index in [9.17, 15) is 9.90 Å². The monoisotopic (exact) mass is 279 g/mol. The minimum Gasteiger partial charge on any atom is -0.388 e. The number of guanidine groups is 1. The molecular formula is C13H17N3O2S. The molecule has 1 saturated heterocycles. The Kier molecular flexibility index (Phi) is 4.11. The summed E-state index contributed by atoms with van der Waals surface area (Å²) in [6.07, 6.45) is -0.574. The number of benzene rings is 1. The van der Waals surface area contributed by atoms with Crippen LogP contribution in [-0.4, -0.2) is 46.1 Å². The molecule has 0 bridgehead atoms. The van der Waals surface area contributed by atoms with Crippen LogP contribution in [0.1, 0.15) is 17.2 Å². The molecule has 0 radical (unpaired) electrons. The second kappa shape index (κ2) is 5.63. The number of hydrogen-bond acceptors (Lipinski definition) is 4. The van der Waals surface area contributed by atoms with Crippen LogP contribution in [0.25, 0.3) is 0 Å². The summed E-state index contributed by atoms with van der Waals surface area (Å²) in [6, 6.07) is 7.37. The topological polar surface area (TPSA) is 67.6 Å². The van der Waals surface area contributed by atoms with Crippen molar-refractivity contribution in [2.24, 2.45) is 0 Å². The highest BCUT2D eigenvalue weighted by molar-refractivity contribution is 7.80. The molecule has 5 nitrogen and oxygen atoms in total. The van der Waals surface area contributed by atoms with Crippen LogP contribution in [0, 0.1) is 5.41 Å². The number of amides is 1. The van der Waals surface area contributed by atoms with Crippen molar-refractivity contribution in [3.05, 3.63) is 35.4 Å². The van der Waals surface area contributed by atoms with Gasteiger partial charge in [0.05, 0.1) is 19.2 Å². The maximum Gasteiger partial charge on any atom is 0.249 e. The van der Waals surface area contributed by atoms with Gasteiger partial charge >= 0.3 is 0 Å². The van der Waals surface area contributed by atoms with Crippen LogP contribution in [0.2, 0.25) is 0 Å². The maximum atomic E-state index is 11.7. The van der Waals surface area contributed by atoms with E-state index in [4.69, 9.17) is 5.41 Å². The summed E-state index contributed by atoms with van der Waals surface area (Å²) in [6.45, 7) is 0.647. The molecule has 0 saturated carbocycles. The molecular weight excluding hydrogens is 262 g/mol. The van der Waals surface area contributed by atoms with E-state index in [0.717, 1.165) is 11.1 Å². The number of thiol groups is 1. The molecule has 1 atom stereocenters. The Bertz CT molecular complexity index is 489. The average Bonchev–Trinajstić information content (AvgIpc) is 2.65. The van der Waals surface area contributed by atoms with Gasteiger partial charge in [0.25, 0.3) is 0 Å². The van der Waals surface area contributed by atoms with Crippen LogP contribution in [0.5, 0.6) is 0 Å². The fourth-order valence-corrected chi connectivity index (χ4v) is 2.19.